The summed E-state index contributed by atoms with van der Waals surface area (Å²) < 4.78 is 18.6. The largest absolute Gasteiger partial charge is 0.491 e. The molecule has 3 rings (SSSR count). The minimum Gasteiger partial charge on any atom is -0.423 e. The molecule has 8 heteroatoms. The molecule has 2 aromatic rings. The van der Waals surface area contributed by atoms with Crippen LogP contribution >= 0.6 is 11.6 Å². The molecule has 0 fully saturated rings. The third-order valence-corrected chi connectivity index (χ3v) is 2.97. The van der Waals surface area contributed by atoms with Crippen LogP contribution in [0.1, 0.15) is 5.56 Å². The molecule has 0 atom stereocenters. The van der Waals surface area contributed by atoms with Crippen molar-refractivity contribution in [3.05, 3.63) is 41.1 Å². The number of fused-ring (bicyclic) bond motifs is 1. The molecule has 0 spiro atoms. The van der Waals surface area contributed by atoms with Crippen LogP contribution in [-0.2, 0) is 11.3 Å². The van der Waals surface area contributed by atoms with Gasteiger partial charge in [0.15, 0.2) is 11.6 Å². The lowest BCUT2D eigenvalue weighted by molar-refractivity contribution is 0.275. The molecule has 0 aliphatic carbocycles. The van der Waals surface area contributed by atoms with Gasteiger partial charge in [0.05, 0.1) is 12.8 Å². The predicted octanol–water partition coefficient (Wildman–Crippen LogP) is 1.23. The quantitative estimate of drug-likeness (QED) is 0.639. The van der Waals surface area contributed by atoms with Crippen molar-refractivity contribution in [1.29, 1.82) is 0 Å². The Bertz CT molecular complexity index is 643. The second-order valence-corrected chi connectivity index (χ2v) is 4.38. The Labute approximate surface area is 113 Å². The SMILES string of the molecule is OB1OCc2ccc(Nc3nc(Cl)ncc3F)cc21. The molecule has 1 aliphatic rings. The fourth-order valence-electron chi connectivity index (χ4n) is 1.86. The van der Waals surface area contributed by atoms with Gasteiger partial charge in [0.2, 0.25) is 5.28 Å². The Morgan fingerprint density at radius 3 is 3.16 bits per heavy atom. The van der Waals surface area contributed by atoms with Crippen LogP contribution < -0.4 is 10.8 Å². The fraction of sp³-hybridized carbons (Fsp3) is 0.0909. The van der Waals surface area contributed by atoms with Crippen LogP contribution in [0.15, 0.2) is 24.4 Å². The average Bonchev–Trinajstić information content (AvgIpc) is 2.76. The minimum absolute atomic E-state index is 0.0200. The van der Waals surface area contributed by atoms with Gasteiger partial charge in [0, 0.05) is 5.69 Å². The van der Waals surface area contributed by atoms with E-state index in [9.17, 15) is 9.41 Å². The molecule has 1 aromatic carbocycles. The topological polar surface area (TPSA) is 67.3 Å². The molecular formula is C11H8BClFN3O2. The van der Waals surface area contributed by atoms with Crippen molar-refractivity contribution in [2.75, 3.05) is 5.32 Å². The van der Waals surface area contributed by atoms with Crippen LogP contribution in [-0.4, -0.2) is 22.1 Å². The lowest BCUT2D eigenvalue weighted by atomic mass is 9.79. The van der Waals surface area contributed by atoms with Crippen molar-refractivity contribution in [3.63, 3.8) is 0 Å². The highest BCUT2D eigenvalue weighted by Gasteiger charge is 2.27. The lowest BCUT2D eigenvalue weighted by Gasteiger charge is -2.08. The van der Waals surface area contributed by atoms with Gasteiger partial charge >= 0.3 is 7.12 Å². The molecule has 0 saturated carbocycles. The molecule has 96 valence electrons. The molecule has 0 radical (unpaired) electrons. The molecule has 5 nitrogen and oxygen atoms in total. The highest BCUT2D eigenvalue weighted by Crippen LogP contribution is 2.20. The standard InChI is InChI=1S/C11H8BClFN3O2/c13-11-15-4-9(14)10(17-11)16-7-2-1-6-5-19-12(18)8(6)3-7/h1-4,18H,5H2,(H,15,16,17). The highest BCUT2D eigenvalue weighted by atomic mass is 35.5. The van der Waals surface area contributed by atoms with Gasteiger partial charge < -0.3 is 15.0 Å². The smallest absolute Gasteiger partial charge is 0.423 e. The first-order chi connectivity index (χ1) is 9.13. The summed E-state index contributed by atoms with van der Waals surface area (Å²) in [6.07, 6.45) is 0.989. The average molecular weight is 279 g/mol. The number of hydrogen-bond acceptors (Lipinski definition) is 5. The molecule has 0 unspecified atom stereocenters. The van der Waals surface area contributed by atoms with E-state index in [1.165, 1.54) is 0 Å². The van der Waals surface area contributed by atoms with Gasteiger partial charge in [-0.1, -0.05) is 6.07 Å². The van der Waals surface area contributed by atoms with E-state index in [0.29, 0.717) is 17.8 Å². The van der Waals surface area contributed by atoms with Gasteiger partial charge in [-0.25, -0.2) is 9.37 Å². The maximum absolute atomic E-state index is 13.5. The maximum atomic E-state index is 13.5. The van der Waals surface area contributed by atoms with Crippen LogP contribution in [0.4, 0.5) is 15.9 Å². The van der Waals surface area contributed by atoms with Crippen LogP contribution in [0.25, 0.3) is 0 Å². The summed E-state index contributed by atoms with van der Waals surface area (Å²) in [6.45, 7) is 0.366. The molecule has 1 aliphatic heterocycles. The molecule has 1 aromatic heterocycles. The zero-order chi connectivity index (χ0) is 13.4. The van der Waals surface area contributed by atoms with E-state index in [1.54, 1.807) is 18.2 Å². The summed E-state index contributed by atoms with van der Waals surface area (Å²) in [6, 6.07) is 5.23. The predicted molar refractivity (Wildman–Crippen MR) is 69.1 cm³/mol. The Morgan fingerprint density at radius 1 is 1.47 bits per heavy atom. The summed E-state index contributed by atoms with van der Waals surface area (Å²) in [7, 11) is -0.949. The summed E-state index contributed by atoms with van der Waals surface area (Å²) in [5.74, 6) is -0.630. The number of nitrogens with zero attached hydrogens (tertiary/aromatic N) is 2. The number of aromatic nitrogens is 2. The second kappa shape index (κ2) is 4.77. The number of hydrogen-bond donors (Lipinski definition) is 2. The molecule has 0 saturated heterocycles. The van der Waals surface area contributed by atoms with E-state index >= 15 is 0 Å². The van der Waals surface area contributed by atoms with Gasteiger partial charge in [-0.2, -0.15) is 4.98 Å². The van der Waals surface area contributed by atoms with E-state index in [4.69, 9.17) is 16.3 Å². The van der Waals surface area contributed by atoms with Crippen molar-refractivity contribution < 1.29 is 14.1 Å². The molecule has 2 N–H and O–H groups in total. The first-order valence-corrected chi connectivity index (χ1v) is 5.89. The van der Waals surface area contributed by atoms with E-state index in [-0.39, 0.29) is 11.1 Å². The first-order valence-electron chi connectivity index (χ1n) is 5.51. The highest BCUT2D eigenvalue weighted by molar-refractivity contribution is 6.61. The lowest BCUT2D eigenvalue weighted by Crippen LogP contribution is -2.28. The molecule has 19 heavy (non-hydrogen) atoms. The van der Waals surface area contributed by atoms with Crippen molar-refractivity contribution >= 4 is 35.7 Å². The van der Waals surface area contributed by atoms with Gasteiger partial charge in [0.25, 0.3) is 0 Å². The number of halogens is 2. The van der Waals surface area contributed by atoms with Gasteiger partial charge in [-0.3, -0.25) is 0 Å². The van der Waals surface area contributed by atoms with Crippen LogP contribution in [0, 0.1) is 5.82 Å². The zero-order valence-electron chi connectivity index (χ0n) is 9.60. The normalized spacial score (nSPS) is 13.5. The summed E-state index contributed by atoms with van der Waals surface area (Å²) in [5.41, 5.74) is 2.14. The van der Waals surface area contributed by atoms with Crippen LogP contribution in [0.5, 0.6) is 0 Å². The fourth-order valence-corrected chi connectivity index (χ4v) is 2.00. The van der Waals surface area contributed by atoms with E-state index in [2.05, 4.69) is 15.3 Å². The third-order valence-electron chi connectivity index (χ3n) is 2.79. The molecule has 0 bridgehead atoms. The van der Waals surface area contributed by atoms with E-state index in [0.717, 1.165) is 11.8 Å². The maximum Gasteiger partial charge on any atom is 0.491 e. The van der Waals surface area contributed by atoms with Crippen molar-refractivity contribution in [3.8, 4) is 0 Å². The van der Waals surface area contributed by atoms with Gasteiger partial charge in [-0.15, -0.1) is 0 Å². The minimum atomic E-state index is -0.949. The molecule has 0 amide bonds. The monoisotopic (exact) mass is 279 g/mol. The Kier molecular flexibility index (Phi) is 3.10. The van der Waals surface area contributed by atoms with Crippen LogP contribution in [0.3, 0.4) is 0 Å². The summed E-state index contributed by atoms with van der Waals surface area (Å²) in [5, 5.41) is 12.3. The van der Waals surface area contributed by atoms with Crippen molar-refractivity contribution in [2.45, 2.75) is 6.61 Å². The van der Waals surface area contributed by atoms with Crippen molar-refractivity contribution in [1.82, 2.24) is 9.97 Å². The summed E-state index contributed by atoms with van der Waals surface area (Å²) >= 11 is 5.61. The Hall–Kier alpha value is -1.70. The zero-order valence-corrected chi connectivity index (χ0v) is 10.4. The number of nitrogens with one attached hydrogen (secondary N) is 1. The Balaban J connectivity index is 1.92. The number of benzene rings is 1. The van der Waals surface area contributed by atoms with Crippen molar-refractivity contribution in [2.24, 2.45) is 0 Å². The second-order valence-electron chi connectivity index (χ2n) is 4.04. The molecule has 2 heterocycles. The summed E-state index contributed by atoms with van der Waals surface area (Å²) in [4.78, 5) is 7.29. The van der Waals surface area contributed by atoms with E-state index < -0.39 is 12.9 Å². The Morgan fingerprint density at radius 2 is 2.32 bits per heavy atom. The van der Waals surface area contributed by atoms with Gasteiger partial charge in [-0.05, 0) is 34.8 Å². The van der Waals surface area contributed by atoms with Crippen LogP contribution in [0.2, 0.25) is 5.28 Å². The van der Waals surface area contributed by atoms with E-state index in [1.807, 2.05) is 0 Å². The molecular weight excluding hydrogens is 271 g/mol. The third kappa shape index (κ3) is 2.40. The van der Waals surface area contributed by atoms with Gasteiger partial charge in [0.1, 0.15) is 0 Å². The first kappa shape index (κ1) is 12.3. The number of rotatable bonds is 2. The number of anilines is 2.